The van der Waals surface area contributed by atoms with Gasteiger partial charge in [0.2, 0.25) is 5.91 Å². The summed E-state index contributed by atoms with van der Waals surface area (Å²) in [5, 5.41) is 4.63. The van der Waals surface area contributed by atoms with Crippen molar-refractivity contribution in [2.75, 3.05) is 11.9 Å². The van der Waals surface area contributed by atoms with Gasteiger partial charge in [0.05, 0.1) is 27.9 Å². The molecule has 0 saturated heterocycles. The van der Waals surface area contributed by atoms with Crippen LogP contribution in [0, 0.1) is 13.8 Å². The normalized spacial score (nSPS) is 11.0. The first-order valence-electron chi connectivity index (χ1n) is 9.27. The van der Waals surface area contributed by atoms with Gasteiger partial charge in [-0.05, 0) is 43.7 Å². The molecule has 0 unspecified atom stereocenters. The van der Waals surface area contributed by atoms with Crippen molar-refractivity contribution in [1.29, 1.82) is 0 Å². The Morgan fingerprint density at radius 2 is 1.90 bits per heavy atom. The van der Waals surface area contributed by atoms with E-state index in [2.05, 4.69) is 10.1 Å². The molecule has 29 heavy (non-hydrogen) atoms. The minimum absolute atomic E-state index is 0.00607. The number of likely N-dealkylation sites (N-methyl/N-ethyl adjacent to an activating group) is 1. The first kappa shape index (κ1) is 19.1. The Morgan fingerprint density at radius 3 is 2.59 bits per heavy atom. The lowest BCUT2D eigenvalue weighted by molar-refractivity contribution is -0.117. The second-order valence-electron chi connectivity index (χ2n) is 6.83. The zero-order chi connectivity index (χ0) is 20.4. The molecule has 148 valence electrons. The number of para-hydroxylation sites is 1. The molecule has 0 bridgehead atoms. The van der Waals surface area contributed by atoms with Crippen LogP contribution < -0.4 is 9.64 Å². The van der Waals surface area contributed by atoms with Crippen molar-refractivity contribution >= 4 is 32.6 Å². The molecule has 2 aromatic carbocycles. The van der Waals surface area contributed by atoms with E-state index in [1.54, 1.807) is 11.9 Å². The molecule has 0 fully saturated rings. The summed E-state index contributed by atoms with van der Waals surface area (Å²) in [4.78, 5) is 18.8. The number of carbonyl (C=O) groups excluding carboxylic acids is 1. The Labute approximate surface area is 172 Å². The highest BCUT2D eigenvalue weighted by Crippen LogP contribution is 2.28. The predicted octanol–water partition coefficient (Wildman–Crippen LogP) is 4.69. The van der Waals surface area contributed by atoms with Crippen molar-refractivity contribution in [2.24, 2.45) is 0 Å². The SMILES string of the molecule is Cc1noc(C)c1COc1ccc(CC(=O)N(C)c2nc3ccccc3s2)cc1. The van der Waals surface area contributed by atoms with Crippen LogP contribution >= 0.6 is 11.3 Å². The second-order valence-corrected chi connectivity index (χ2v) is 7.84. The molecule has 0 N–H and O–H groups in total. The van der Waals surface area contributed by atoms with Crippen LogP contribution in [0.1, 0.15) is 22.6 Å². The number of aryl methyl sites for hydroxylation is 2. The van der Waals surface area contributed by atoms with E-state index in [0.717, 1.165) is 38.5 Å². The van der Waals surface area contributed by atoms with Crippen LogP contribution in [0.25, 0.3) is 10.2 Å². The maximum Gasteiger partial charge on any atom is 0.232 e. The summed E-state index contributed by atoms with van der Waals surface area (Å²) in [5.74, 6) is 1.50. The van der Waals surface area contributed by atoms with E-state index in [-0.39, 0.29) is 5.91 Å². The molecule has 6 nitrogen and oxygen atoms in total. The van der Waals surface area contributed by atoms with Gasteiger partial charge in [-0.1, -0.05) is 40.8 Å². The molecular formula is C22H21N3O3S. The van der Waals surface area contributed by atoms with Crippen LogP contribution in [0.2, 0.25) is 0 Å². The number of hydrogen-bond donors (Lipinski definition) is 0. The van der Waals surface area contributed by atoms with Crippen molar-refractivity contribution in [1.82, 2.24) is 10.1 Å². The third-order valence-electron chi connectivity index (χ3n) is 4.79. The standard InChI is InChI=1S/C22H21N3O3S/c1-14-18(15(2)28-24-14)13-27-17-10-8-16(9-11-17)12-21(26)25(3)22-23-19-6-4-5-7-20(19)29-22/h4-11H,12-13H2,1-3H3. The van der Waals surface area contributed by atoms with Crippen LogP contribution in [-0.2, 0) is 17.8 Å². The minimum atomic E-state index is -0.00607. The number of fused-ring (bicyclic) bond motifs is 1. The molecule has 0 aliphatic rings. The smallest absolute Gasteiger partial charge is 0.232 e. The van der Waals surface area contributed by atoms with Gasteiger partial charge in [-0.15, -0.1) is 0 Å². The summed E-state index contributed by atoms with van der Waals surface area (Å²) in [7, 11) is 1.77. The van der Waals surface area contributed by atoms with E-state index in [1.807, 2.05) is 62.4 Å². The van der Waals surface area contributed by atoms with E-state index in [0.29, 0.717) is 18.2 Å². The molecule has 0 saturated carbocycles. The lowest BCUT2D eigenvalue weighted by atomic mass is 10.1. The van der Waals surface area contributed by atoms with Gasteiger partial charge in [0.15, 0.2) is 5.13 Å². The van der Waals surface area contributed by atoms with Gasteiger partial charge in [0.1, 0.15) is 18.1 Å². The first-order valence-corrected chi connectivity index (χ1v) is 10.1. The van der Waals surface area contributed by atoms with Gasteiger partial charge >= 0.3 is 0 Å². The average molecular weight is 407 g/mol. The largest absolute Gasteiger partial charge is 0.489 e. The number of nitrogens with zero attached hydrogens (tertiary/aromatic N) is 3. The Balaban J connectivity index is 1.38. The number of rotatable bonds is 6. The van der Waals surface area contributed by atoms with Crippen LogP contribution in [0.5, 0.6) is 5.75 Å². The summed E-state index contributed by atoms with van der Waals surface area (Å²) in [5.41, 5.74) is 3.63. The summed E-state index contributed by atoms with van der Waals surface area (Å²) >= 11 is 1.52. The molecule has 7 heteroatoms. The highest BCUT2D eigenvalue weighted by atomic mass is 32.1. The number of amides is 1. The van der Waals surface area contributed by atoms with Crippen LogP contribution in [0.3, 0.4) is 0 Å². The molecule has 2 aromatic heterocycles. The van der Waals surface area contributed by atoms with Crippen molar-refractivity contribution < 1.29 is 14.1 Å². The molecule has 2 heterocycles. The Kier molecular flexibility index (Phi) is 5.31. The summed E-state index contributed by atoms with van der Waals surface area (Å²) in [6.07, 6.45) is 0.302. The number of thiazole rings is 1. The first-order chi connectivity index (χ1) is 14.0. The van der Waals surface area contributed by atoms with Crippen molar-refractivity contribution in [3.05, 3.63) is 71.1 Å². The Morgan fingerprint density at radius 1 is 1.14 bits per heavy atom. The fraction of sp³-hybridized carbons (Fsp3) is 0.227. The molecule has 4 aromatic rings. The van der Waals surface area contributed by atoms with Crippen molar-refractivity contribution in [3.8, 4) is 5.75 Å². The minimum Gasteiger partial charge on any atom is -0.489 e. The van der Waals surface area contributed by atoms with Gasteiger partial charge < -0.3 is 9.26 Å². The van der Waals surface area contributed by atoms with Crippen LogP contribution in [0.15, 0.2) is 53.1 Å². The van der Waals surface area contributed by atoms with Gasteiger partial charge in [-0.2, -0.15) is 0 Å². The lowest BCUT2D eigenvalue weighted by Gasteiger charge is -2.14. The zero-order valence-electron chi connectivity index (χ0n) is 16.5. The van der Waals surface area contributed by atoms with Gasteiger partial charge in [-0.3, -0.25) is 9.69 Å². The summed E-state index contributed by atoms with van der Waals surface area (Å²) < 4.78 is 12.0. The quantitative estimate of drug-likeness (QED) is 0.464. The second kappa shape index (κ2) is 8.05. The molecular weight excluding hydrogens is 386 g/mol. The summed E-state index contributed by atoms with van der Waals surface area (Å²) in [6, 6.07) is 15.5. The monoisotopic (exact) mass is 407 g/mol. The number of benzene rings is 2. The number of hydrogen-bond acceptors (Lipinski definition) is 6. The van der Waals surface area contributed by atoms with E-state index in [1.165, 1.54) is 11.3 Å². The fourth-order valence-electron chi connectivity index (χ4n) is 2.97. The summed E-state index contributed by atoms with van der Waals surface area (Å²) in [6.45, 7) is 4.17. The highest BCUT2D eigenvalue weighted by molar-refractivity contribution is 7.22. The van der Waals surface area contributed by atoms with E-state index in [4.69, 9.17) is 9.26 Å². The lowest BCUT2D eigenvalue weighted by Crippen LogP contribution is -2.27. The molecule has 0 radical (unpaired) electrons. The van der Waals surface area contributed by atoms with Gasteiger partial charge in [0, 0.05) is 7.05 Å². The zero-order valence-corrected chi connectivity index (χ0v) is 17.3. The number of anilines is 1. The topological polar surface area (TPSA) is 68.5 Å². The maximum atomic E-state index is 12.7. The Hall–Kier alpha value is -3.19. The van der Waals surface area contributed by atoms with E-state index in [9.17, 15) is 4.79 Å². The molecule has 4 rings (SSSR count). The third kappa shape index (κ3) is 4.14. The number of ether oxygens (including phenoxy) is 1. The Bertz CT molecular complexity index is 1100. The fourth-order valence-corrected chi connectivity index (χ4v) is 3.91. The molecule has 0 atom stereocenters. The number of carbonyl (C=O) groups is 1. The van der Waals surface area contributed by atoms with E-state index < -0.39 is 0 Å². The average Bonchev–Trinajstić information content (AvgIpc) is 3.30. The van der Waals surface area contributed by atoms with Gasteiger partial charge in [0.25, 0.3) is 0 Å². The van der Waals surface area contributed by atoms with Crippen molar-refractivity contribution in [2.45, 2.75) is 26.9 Å². The maximum absolute atomic E-state index is 12.7. The van der Waals surface area contributed by atoms with E-state index >= 15 is 0 Å². The highest BCUT2D eigenvalue weighted by Gasteiger charge is 2.16. The number of aromatic nitrogens is 2. The molecule has 0 aliphatic heterocycles. The molecule has 1 amide bonds. The van der Waals surface area contributed by atoms with Crippen LogP contribution in [-0.4, -0.2) is 23.1 Å². The predicted molar refractivity (Wildman–Crippen MR) is 113 cm³/mol. The third-order valence-corrected chi connectivity index (χ3v) is 5.90. The molecule has 0 spiro atoms. The van der Waals surface area contributed by atoms with Crippen molar-refractivity contribution in [3.63, 3.8) is 0 Å². The van der Waals surface area contributed by atoms with Crippen LogP contribution in [0.4, 0.5) is 5.13 Å². The van der Waals surface area contributed by atoms with Gasteiger partial charge in [-0.25, -0.2) is 4.98 Å². The molecule has 0 aliphatic carbocycles.